The first-order valence-corrected chi connectivity index (χ1v) is 8.71. The molecular formula is C19H21N5O. The Labute approximate surface area is 146 Å². The van der Waals surface area contributed by atoms with Crippen molar-refractivity contribution in [2.75, 3.05) is 0 Å². The summed E-state index contributed by atoms with van der Waals surface area (Å²) in [5.41, 5.74) is 4.66. The third-order valence-electron chi connectivity index (χ3n) is 4.66. The van der Waals surface area contributed by atoms with Gasteiger partial charge in [-0.15, -0.1) is 0 Å². The minimum atomic E-state index is -0.0577. The van der Waals surface area contributed by atoms with Crippen LogP contribution in [0.2, 0.25) is 0 Å². The van der Waals surface area contributed by atoms with Crippen molar-refractivity contribution < 1.29 is 4.79 Å². The SMILES string of the molecule is CC(C)n1ncc2c(C(=O)NCc3cccnc3)c3c(nc21)CCC3. The molecule has 25 heavy (non-hydrogen) atoms. The van der Waals surface area contributed by atoms with E-state index in [2.05, 4.69) is 29.2 Å². The largest absolute Gasteiger partial charge is 0.348 e. The number of fused-ring (bicyclic) bond motifs is 2. The lowest BCUT2D eigenvalue weighted by Gasteiger charge is -2.12. The number of nitrogens with one attached hydrogen (secondary N) is 1. The Morgan fingerprint density at radius 3 is 2.96 bits per heavy atom. The zero-order chi connectivity index (χ0) is 17.4. The lowest BCUT2D eigenvalue weighted by Crippen LogP contribution is -2.24. The van der Waals surface area contributed by atoms with Gasteiger partial charge in [-0.2, -0.15) is 5.10 Å². The van der Waals surface area contributed by atoms with Gasteiger partial charge in [-0.3, -0.25) is 9.78 Å². The van der Waals surface area contributed by atoms with Gasteiger partial charge in [0.15, 0.2) is 5.65 Å². The molecule has 0 aliphatic heterocycles. The first kappa shape index (κ1) is 15.7. The maximum Gasteiger partial charge on any atom is 0.252 e. The van der Waals surface area contributed by atoms with E-state index in [-0.39, 0.29) is 11.9 Å². The van der Waals surface area contributed by atoms with Crippen LogP contribution in [0.4, 0.5) is 0 Å². The van der Waals surface area contributed by atoms with Crippen LogP contribution < -0.4 is 5.32 Å². The van der Waals surface area contributed by atoms with Gasteiger partial charge in [-0.25, -0.2) is 9.67 Å². The summed E-state index contributed by atoms with van der Waals surface area (Å²) in [4.78, 5) is 21.9. The van der Waals surface area contributed by atoms with Gasteiger partial charge in [0.05, 0.1) is 17.1 Å². The number of aromatic nitrogens is 4. The van der Waals surface area contributed by atoms with Crippen LogP contribution in [0.3, 0.4) is 0 Å². The molecule has 0 spiro atoms. The molecule has 0 unspecified atom stereocenters. The summed E-state index contributed by atoms with van der Waals surface area (Å²) in [5, 5.41) is 8.34. The molecule has 0 atom stereocenters. The predicted octanol–water partition coefficient (Wildman–Crippen LogP) is 2.83. The Morgan fingerprint density at radius 2 is 2.20 bits per heavy atom. The highest BCUT2D eigenvalue weighted by Gasteiger charge is 2.26. The fraction of sp³-hybridized carbons (Fsp3) is 0.368. The number of carbonyl (C=O) groups is 1. The second-order valence-corrected chi connectivity index (χ2v) is 6.73. The summed E-state index contributed by atoms with van der Waals surface area (Å²) in [6.07, 6.45) is 8.15. The van der Waals surface area contributed by atoms with Crippen LogP contribution >= 0.6 is 0 Å². The topological polar surface area (TPSA) is 72.7 Å². The minimum absolute atomic E-state index is 0.0577. The first-order valence-electron chi connectivity index (χ1n) is 8.71. The van der Waals surface area contributed by atoms with Crippen LogP contribution in [0.15, 0.2) is 30.7 Å². The molecule has 128 valence electrons. The van der Waals surface area contributed by atoms with E-state index >= 15 is 0 Å². The van der Waals surface area contributed by atoms with Gasteiger partial charge in [-0.05, 0) is 50.3 Å². The van der Waals surface area contributed by atoms with Crippen molar-refractivity contribution in [1.82, 2.24) is 25.1 Å². The van der Waals surface area contributed by atoms with Crippen LogP contribution in [0, 0.1) is 0 Å². The maximum absolute atomic E-state index is 13.0. The molecule has 1 amide bonds. The number of hydrogen-bond donors (Lipinski definition) is 1. The average molecular weight is 335 g/mol. The summed E-state index contributed by atoms with van der Waals surface area (Å²) in [5.74, 6) is -0.0577. The first-order chi connectivity index (χ1) is 12.1. The molecule has 0 saturated carbocycles. The number of nitrogens with zero attached hydrogens (tertiary/aromatic N) is 4. The Morgan fingerprint density at radius 1 is 1.32 bits per heavy atom. The van der Waals surface area contributed by atoms with Gasteiger partial charge in [0.1, 0.15) is 0 Å². The molecule has 1 N–H and O–H groups in total. The Kier molecular flexibility index (Phi) is 3.95. The molecule has 0 radical (unpaired) electrons. The fourth-order valence-corrected chi connectivity index (χ4v) is 3.47. The zero-order valence-electron chi connectivity index (χ0n) is 14.5. The van der Waals surface area contributed by atoms with Crippen molar-refractivity contribution in [1.29, 1.82) is 0 Å². The van der Waals surface area contributed by atoms with Gasteiger partial charge in [0.25, 0.3) is 5.91 Å². The molecule has 0 fully saturated rings. The van der Waals surface area contributed by atoms with Gasteiger partial charge in [0, 0.05) is 30.7 Å². The highest BCUT2D eigenvalue weighted by atomic mass is 16.1. The number of hydrogen-bond acceptors (Lipinski definition) is 4. The van der Waals surface area contributed by atoms with Crippen molar-refractivity contribution in [3.05, 3.63) is 53.1 Å². The summed E-state index contributed by atoms with van der Waals surface area (Å²) in [6, 6.07) is 4.03. The van der Waals surface area contributed by atoms with E-state index in [1.54, 1.807) is 18.6 Å². The van der Waals surface area contributed by atoms with Crippen LogP contribution in [-0.2, 0) is 19.4 Å². The Bertz CT molecular complexity index is 930. The monoisotopic (exact) mass is 335 g/mol. The van der Waals surface area contributed by atoms with E-state index in [1.807, 2.05) is 16.8 Å². The van der Waals surface area contributed by atoms with Crippen molar-refractivity contribution >= 4 is 16.9 Å². The van der Waals surface area contributed by atoms with Crippen LogP contribution in [0.5, 0.6) is 0 Å². The zero-order valence-corrected chi connectivity index (χ0v) is 14.5. The van der Waals surface area contributed by atoms with Crippen LogP contribution in [-0.4, -0.2) is 25.7 Å². The highest BCUT2D eigenvalue weighted by Crippen LogP contribution is 2.30. The van der Waals surface area contributed by atoms with E-state index < -0.39 is 0 Å². The summed E-state index contributed by atoms with van der Waals surface area (Å²) < 4.78 is 1.89. The van der Waals surface area contributed by atoms with Crippen LogP contribution in [0.25, 0.3) is 11.0 Å². The maximum atomic E-state index is 13.0. The van der Waals surface area contributed by atoms with Crippen molar-refractivity contribution in [2.24, 2.45) is 0 Å². The number of amides is 1. The van der Waals surface area contributed by atoms with E-state index in [9.17, 15) is 4.79 Å². The van der Waals surface area contributed by atoms with E-state index in [0.717, 1.165) is 52.7 Å². The lowest BCUT2D eigenvalue weighted by atomic mass is 10.0. The van der Waals surface area contributed by atoms with E-state index in [0.29, 0.717) is 6.54 Å². The van der Waals surface area contributed by atoms with E-state index in [4.69, 9.17) is 4.98 Å². The molecule has 0 bridgehead atoms. The standard InChI is InChI=1S/C19H21N5O/c1-12(2)24-18-15(11-22-24)17(14-6-3-7-16(14)23-18)19(25)21-10-13-5-4-8-20-9-13/h4-5,8-9,11-12H,3,6-7,10H2,1-2H3,(H,21,25). The summed E-state index contributed by atoms with van der Waals surface area (Å²) in [6.45, 7) is 4.61. The quantitative estimate of drug-likeness (QED) is 0.796. The normalized spacial score (nSPS) is 13.4. The Balaban J connectivity index is 1.74. The van der Waals surface area contributed by atoms with Gasteiger partial charge in [-0.1, -0.05) is 6.07 Å². The third-order valence-corrected chi connectivity index (χ3v) is 4.66. The van der Waals surface area contributed by atoms with Crippen molar-refractivity contribution in [3.8, 4) is 0 Å². The molecule has 1 aliphatic carbocycles. The van der Waals surface area contributed by atoms with Gasteiger partial charge < -0.3 is 5.32 Å². The molecular weight excluding hydrogens is 314 g/mol. The second kappa shape index (κ2) is 6.27. The summed E-state index contributed by atoms with van der Waals surface area (Å²) in [7, 11) is 0. The molecule has 3 heterocycles. The Hall–Kier alpha value is -2.76. The molecule has 6 nitrogen and oxygen atoms in total. The van der Waals surface area contributed by atoms with Gasteiger partial charge in [0.2, 0.25) is 0 Å². The van der Waals surface area contributed by atoms with Gasteiger partial charge >= 0.3 is 0 Å². The lowest BCUT2D eigenvalue weighted by molar-refractivity contribution is 0.0951. The smallest absolute Gasteiger partial charge is 0.252 e. The number of carbonyl (C=O) groups excluding carboxylic acids is 1. The second-order valence-electron chi connectivity index (χ2n) is 6.73. The number of rotatable bonds is 4. The predicted molar refractivity (Wildman–Crippen MR) is 95.3 cm³/mol. The number of aryl methyl sites for hydroxylation is 1. The molecule has 6 heteroatoms. The average Bonchev–Trinajstić information content (AvgIpc) is 3.24. The molecule has 1 aliphatic rings. The third kappa shape index (κ3) is 2.77. The summed E-state index contributed by atoms with van der Waals surface area (Å²) >= 11 is 0. The number of pyridine rings is 2. The van der Waals surface area contributed by atoms with Crippen molar-refractivity contribution in [3.63, 3.8) is 0 Å². The van der Waals surface area contributed by atoms with Crippen LogP contribution in [0.1, 0.15) is 53.5 Å². The fourth-order valence-electron chi connectivity index (χ4n) is 3.47. The van der Waals surface area contributed by atoms with Crippen molar-refractivity contribution in [2.45, 2.75) is 45.7 Å². The molecule has 0 aromatic carbocycles. The molecule has 3 aromatic heterocycles. The molecule has 4 rings (SSSR count). The minimum Gasteiger partial charge on any atom is -0.348 e. The van der Waals surface area contributed by atoms with E-state index in [1.165, 1.54) is 0 Å². The molecule has 3 aromatic rings. The molecule has 0 saturated heterocycles. The highest BCUT2D eigenvalue weighted by molar-refractivity contribution is 6.07.